The van der Waals surface area contributed by atoms with Gasteiger partial charge in [-0.05, 0) is 31.2 Å². The molecule has 0 spiro atoms. The lowest BCUT2D eigenvalue weighted by molar-refractivity contribution is -0.142. The lowest BCUT2D eigenvalue weighted by atomic mass is 9.90. The van der Waals surface area contributed by atoms with Gasteiger partial charge in [0.1, 0.15) is 11.7 Å². The van der Waals surface area contributed by atoms with Crippen LogP contribution in [0.3, 0.4) is 0 Å². The number of carbonyl (C=O) groups excluding carboxylic acids is 1. The van der Waals surface area contributed by atoms with Crippen LogP contribution in [0.4, 0.5) is 29.7 Å². The van der Waals surface area contributed by atoms with Gasteiger partial charge < -0.3 is 24.8 Å². The van der Waals surface area contributed by atoms with Crippen molar-refractivity contribution in [2.24, 2.45) is 0 Å². The number of anilines is 2. The van der Waals surface area contributed by atoms with E-state index in [1.165, 1.54) is 13.3 Å². The zero-order valence-corrected chi connectivity index (χ0v) is 25.4. The molecule has 1 aromatic carbocycles. The SMILES string of the molecule is COc1ncc(-c2cnc(N(C(=O)NCc3ccccc3)C3CCC(Nc4ncc(C(F)(F)F)c(OC5COC5)n4)CC3)cn2)cn1. The van der Waals surface area contributed by atoms with Gasteiger partial charge in [0.2, 0.25) is 11.8 Å². The Morgan fingerprint density at radius 3 is 2.32 bits per heavy atom. The number of carbonyl (C=O) groups is 1. The average Bonchev–Trinajstić information content (AvgIpc) is 3.07. The Balaban J connectivity index is 1.15. The van der Waals surface area contributed by atoms with Crippen LogP contribution in [0.2, 0.25) is 0 Å². The van der Waals surface area contributed by atoms with E-state index in [9.17, 15) is 18.0 Å². The summed E-state index contributed by atoms with van der Waals surface area (Å²) in [6.45, 7) is 0.726. The molecule has 246 valence electrons. The van der Waals surface area contributed by atoms with Crippen molar-refractivity contribution in [1.82, 2.24) is 35.2 Å². The Labute approximate surface area is 268 Å². The summed E-state index contributed by atoms with van der Waals surface area (Å²) in [6, 6.07) is 9.09. The number of hydrogen-bond acceptors (Lipinski definition) is 11. The van der Waals surface area contributed by atoms with Gasteiger partial charge in [0.25, 0.3) is 0 Å². The molecule has 3 aromatic heterocycles. The summed E-state index contributed by atoms with van der Waals surface area (Å²) in [4.78, 5) is 40.5. The van der Waals surface area contributed by atoms with Gasteiger partial charge in [0.15, 0.2) is 5.82 Å². The number of urea groups is 1. The molecule has 1 aliphatic carbocycles. The van der Waals surface area contributed by atoms with Crippen molar-refractivity contribution >= 4 is 17.8 Å². The van der Waals surface area contributed by atoms with Crippen molar-refractivity contribution in [3.63, 3.8) is 0 Å². The third-order valence-corrected chi connectivity index (χ3v) is 7.84. The molecule has 0 bridgehead atoms. The van der Waals surface area contributed by atoms with Crippen molar-refractivity contribution in [2.45, 2.75) is 56.6 Å². The first-order valence-electron chi connectivity index (χ1n) is 15.0. The summed E-state index contributed by atoms with van der Waals surface area (Å²) < 4.78 is 56.1. The maximum absolute atomic E-state index is 13.6. The van der Waals surface area contributed by atoms with Gasteiger partial charge in [0, 0.05) is 42.8 Å². The number of alkyl halides is 3. The van der Waals surface area contributed by atoms with Gasteiger partial charge in [-0.3, -0.25) is 9.88 Å². The number of hydrogen-bond donors (Lipinski definition) is 2. The highest BCUT2D eigenvalue weighted by Crippen LogP contribution is 2.36. The maximum Gasteiger partial charge on any atom is 0.423 e. The van der Waals surface area contributed by atoms with Crippen LogP contribution < -0.4 is 25.0 Å². The number of nitrogens with one attached hydrogen (secondary N) is 2. The molecule has 13 nitrogen and oxygen atoms in total. The smallest absolute Gasteiger partial charge is 0.423 e. The quantitative estimate of drug-likeness (QED) is 0.246. The monoisotopic (exact) mass is 651 g/mol. The number of amides is 2. The molecule has 2 amide bonds. The minimum Gasteiger partial charge on any atom is -0.469 e. The van der Waals surface area contributed by atoms with Crippen molar-refractivity contribution in [1.29, 1.82) is 0 Å². The Hall–Kier alpha value is -5.12. The number of rotatable bonds is 10. The number of ether oxygens (including phenoxy) is 3. The molecular weight excluding hydrogens is 619 g/mol. The van der Waals surface area contributed by atoms with Crippen molar-refractivity contribution in [2.75, 3.05) is 30.5 Å². The molecule has 1 aliphatic heterocycles. The highest BCUT2D eigenvalue weighted by molar-refractivity contribution is 5.91. The molecule has 1 saturated carbocycles. The minimum absolute atomic E-state index is 0.0399. The summed E-state index contributed by atoms with van der Waals surface area (Å²) in [7, 11) is 1.48. The zero-order chi connectivity index (χ0) is 32.8. The van der Waals surface area contributed by atoms with Gasteiger partial charge in [-0.2, -0.15) is 18.2 Å². The summed E-state index contributed by atoms with van der Waals surface area (Å²) in [5.74, 6) is -0.113. The summed E-state index contributed by atoms with van der Waals surface area (Å²) in [6.07, 6.45) is 4.17. The molecule has 2 fully saturated rings. The van der Waals surface area contributed by atoms with E-state index in [0.717, 1.165) is 11.8 Å². The normalized spacial score (nSPS) is 18.1. The Kier molecular flexibility index (Phi) is 9.56. The third-order valence-electron chi connectivity index (χ3n) is 7.84. The van der Waals surface area contributed by atoms with Crippen molar-refractivity contribution in [3.8, 4) is 23.1 Å². The average molecular weight is 652 g/mol. The molecule has 6 rings (SSSR count). The second-order valence-corrected chi connectivity index (χ2v) is 11.1. The first-order chi connectivity index (χ1) is 22.8. The van der Waals surface area contributed by atoms with E-state index in [0.29, 0.717) is 49.3 Å². The summed E-state index contributed by atoms with van der Waals surface area (Å²) in [5.41, 5.74) is 1.07. The fourth-order valence-electron chi connectivity index (χ4n) is 5.29. The predicted octanol–water partition coefficient (Wildman–Crippen LogP) is 4.67. The van der Waals surface area contributed by atoms with Gasteiger partial charge in [-0.15, -0.1) is 0 Å². The van der Waals surface area contributed by atoms with E-state index in [2.05, 4.69) is 40.5 Å². The van der Waals surface area contributed by atoms with Gasteiger partial charge in [0.05, 0.1) is 38.4 Å². The van der Waals surface area contributed by atoms with Crippen molar-refractivity contribution in [3.05, 3.63) is 72.4 Å². The number of halogens is 3. The Bertz CT molecular complexity index is 1640. The molecule has 4 aromatic rings. The number of benzene rings is 1. The third kappa shape index (κ3) is 7.82. The second-order valence-electron chi connectivity index (χ2n) is 11.1. The minimum atomic E-state index is -4.66. The molecule has 2 aliphatic rings. The van der Waals surface area contributed by atoms with Crippen LogP contribution in [-0.2, 0) is 17.5 Å². The maximum atomic E-state index is 13.6. The van der Waals surface area contributed by atoms with Crippen LogP contribution in [0.25, 0.3) is 11.3 Å². The molecule has 0 unspecified atom stereocenters. The molecule has 2 N–H and O–H groups in total. The molecule has 0 atom stereocenters. The standard InChI is InChI=1S/C31H32F3N9O4/c1-45-29-38-12-20(13-39-29)25-15-36-26(16-35-25)43(30(44)40-11-19-5-3-2-4-6-19)22-9-7-21(8-10-22)41-28-37-14-24(31(32,33)34)27(42-28)47-23-17-46-18-23/h2-6,12-16,21-23H,7-11,17-18H2,1H3,(H,40,44)(H,37,41,42). The Morgan fingerprint density at radius 2 is 1.70 bits per heavy atom. The lowest BCUT2D eigenvalue weighted by Crippen LogP contribution is -2.49. The van der Waals surface area contributed by atoms with E-state index < -0.39 is 23.7 Å². The van der Waals surface area contributed by atoms with Crippen LogP contribution in [0, 0.1) is 0 Å². The predicted molar refractivity (Wildman–Crippen MR) is 163 cm³/mol. The highest BCUT2D eigenvalue weighted by atomic mass is 19.4. The van der Waals surface area contributed by atoms with Gasteiger partial charge >= 0.3 is 18.2 Å². The van der Waals surface area contributed by atoms with Crippen LogP contribution in [-0.4, -0.2) is 74.4 Å². The van der Waals surface area contributed by atoms with E-state index in [1.54, 1.807) is 23.5 Å². The van der Waals surface area contributed by atoms with E-state index in [4.69, 9.17) is 14.2 Å². The molecule has 1 saturated heterocycles. The molecule has 16 heteroatoms. The largest absolute Gasteiger partial charge is 0.469 e. The molecule has 0 radical (unpaired) electrons. The Morgan fingerprint density at radius 1 is 0.957 bits per heavy atom. The molecule has 47 heavy (non-hydrogen) atoms. The first-order valence-corrected chi connectivity index (χ1v) is 15.0. The number of methoxy groups -OCH3 is 1. The van der Waals surface area contributed by atoms with E-state index in [-0.39, 0.29) is 43.3 Å². The van der Waals surface area contributed by atoms with Crippen molar-refractivity contribution < 1.29 is 32.2 Å². The summed E-state index contributed by atoms with van der Waals surface area (Å²) >= 11 is 0. The highest BCUT2D eigenvalue weighted by Gasteiger charge is 2.38. The molecule has 4 heterocycles. The van der Waals surface area contributed by atoms with Crippen LogP contribution in [0.15, 0.2) is 61.3 Å². The fraction of sp³-hybridized carbons (Fsp3) is 0.387. The first kappa shape index (κ1) is 31.8. The second kappa shape index (κ2) is 14.1. The lowest BCUT2D eigenvalue weighted by Gasteiger charge is -2.36. The molecular formula is C31H32F3N9O4. The van der Waals surface area contributed by atoms with Crippen LogP contribution in [0.5, 0.6) is 11.9 Å². The van der Waals surface area contributed by atoms with Crippen LogP contribution >= 0.6 is 0 Å². The van der Waals surface area contributed by atoms with Crippen LogP contribution in [0.1, 0.15) is 36.8 Å². The topological polar surface area (TPSA) is 149 Å². The van der Waals surface area contributed by atoms with Gasteiger partial charge in [-0.1, -0.05) is 30.3 Å². The number of nitrogens with zero attached hydrogens (tertiary/aromatic N) is 7. The number of aromatic nitrogens is 6. The summed E-state index contributed by atoms with van der Waals surface area (Å²) in [5, 5.41) is 6.14. The zero-order valence-electron chi connectivity index (χ0n) is 25.4. The fourth-order valence-corrected chi connectivity index (χ4v) is 5.29. The van der Waals surface area contributed by atoms with E-state index >= 15 is 0 Å². The van der Waals surface area contributed by atoms with E-state index in [1.807, 2.05) is 30.3 Å². The van der Waals surface area contributed by atoms with Gasteiger partial charge in [-0.25, -0.2) is 24.7 Å².